The van der Waals surface area contributed by atoms with E-state index in [9.17, 15) is 22.8 Å². The molecule has 1 aromatic carbocycles. The maximum Gasteiger partial charge on any atom is 0.416 e. The van der Waals surface area contributed by atoms with Crippen molar-refractivity contribution in [1.82, 2.24) is 20.3 Å². The zero-order valence-electron chi connectivity index (χ0n) is 15.3. The molecule has 29 heavy (non-hydrogen) atoms. The van der Waals surface area contributed by atoms with Crippen molar-refractivity contribution in [2.45, 2.75) is 25.6 Å². The number of hydrogen-bond acceptors (Lipinski definition) is 4. The first kappa shape index (κ1) is 20.2. The molecule has 2 aromatic heterocycles. The minimum absolute atomic E-state index is 0.0774. The number of pyridine rings is 1. The number of carbonyl (C=O) groups excluding carboxylic acids is 1. The fourth-order valence-electron chi connectivity index (χ4n) is 2.72. The van der Waals surface area contributed by atoms with E-state index in [4.69, 9.17) is 0 Å². The van der Waals surface area contributed by atoms with E-state index in [0.29, 0.717) is 17.8 Å². The molecule has 0 bridgehead atoms. The Kier molecular flexibility index (Phi) is 5.76. The van der Waals surface area contributed by atoms with Crippen LogP contribution in [0.1, 0.15) is 46.0 Å². The lowest BCUT2D eigenvalue weighted by molar-refractivity contribution is -0.137. The van der Waals surface area contributed by atoms with Crippen LogP contribution in [0, 0.1) is 0 Å². The summed E-state index contributed by atoms with van der Waals surface area (Å²) in [4.78, 5) is 35.1. The molecule has 3 rings (SSSR count). The zero-order valence-corrected chi connectivity index (χ0v) is 15.3. The summed E-state index contributed by atoms with van der Waals surface area (Å²) in [5.41, 5.74) is -0.0215. The highest BCUT2D eigenvalue weighted by Gasteiger charge is 2.30. The van der Waals surface area contributed by atoms with E-state index < -0.39 is 29.2 Å². The highest BCUT2D eigenvalue weighted by molar-refractivity contribution is 5.92. The van der Waals surface area contributed by atoms with Crippen molar-refractivity contribution in [3.05, 3.63) is 93.4 Å². The van der Waals surface area contributed by atoms with E-state index in [2.05, 4.69) is 20.3 Å². The van der Waals surface area contributed by atoms with Crippen LogP contribution in [0.5, 0.6) is 0 Å². The van der Waals surface area contributed by atoms with Crippen LogP contribution in [0.25, 0.3) is 0 Å². The van der Waals surface area contributed by atoms with Crippen molar-refractivity contribution in [2.75, 3.05) is 0 Å². The molecule has 0 saturated carbocycles. The van der Waals surface area contributed by atoms with Gasteiger partial charge in [0.25, 0.3) is 11.5 Å². The number of nitrogens with one attached hydrogen (secondary N) is 2. The van der Waals surface area contributed by atoms with Crippen LogP contribution in [-0.4, -0.2) is 20.9 Å². The molecule has 0 aliphatic heterocycles. The van der Waals surface area contributed by atoms with Gasteiger partial charge in [-0.15, -0.1) is 0 Å². The van der Waals surface area contributed by atoms with Crippen LogP contribution < -0.4 is 10.9 Å². The maximum absolute atomic E-state index is 12.7. The van der Waals surface area contributed by atoms with Gasteiger partial charge in [-0.25, -0.2) is 4.98 Å². The van der Waals surface area contributed by atoms with Gasteiger partial charge >= 0.3 is 6.18 Å². The Morgan fingerprint density at radius 2 is 1.93 bits per heavy atom. The molecule has 0 radical (unpaired) electrons. The zero-order chi connectivity index (χ0) is 21.0. The number of aromatic nitrogens is 3. The molecule has 0 fully saturated rings. The summed E-state index contributed by atoms with van der Waals surface area (Å²) in [6.07, 6.45) is -0.894. The highest BCUT2D eigenvalue weighted by atomic mass is 19.4. The van der Waals surface area contributed by atoms with Gasteiger partial charge in [-0.3, -0.25) is 14.6 Å². The van der Waals surface area contributed by atoms with Gasteiger partial charge in [-0.05, 0) is 36.2 Å². The minimum Gasteiger partial charge on any atom is -0.344 e. The Morgan fingerprint density at radius 1 is 1.21 bits per heavy atom. The lowest BCUT2D eigenvalue weighted by Gasteiger charge is -2.15. The van der Waals surface area contributed by atoms with Crippen molar-refractivity contribution in [3.8, 4) is 0 Å². The Labute approximate surface area is 163 Å². The maximum atomic E-state index is 12.7. The first-order valence-electron chi connectivity index (χ1n) is 8.69. The van der Waals surface area contributed by atoms with Gasteiger partial charge in [0.2, 0.25) is 0 Å². The van der Waals surface area contributed by atoms with Gasteiger partial charge in [-0.2, -0.15) is 13.2 Å². The van der Waals surface area contributed by atoms with Crippen molar-refractivity contribution in [1.29, 1.82) is 0 Å². The minimum atomic E-state index is -4.43. The van der Waals surface area contributed by atoms with Crippen LogP contribution in [0.2, 0.25) is 0 Å². The first-order chi connectivity index (χ1) is 13.7. The molecule has 2 heterocycles. The molecular formula is C20H17F3N4O2. The summed E-state index contributed by atoms with van der Waals surface area (Å²) in [5.74, 6) is -0.297. The summed E-state index contributed by atoms with van der Waals surface area (Å²) in [7, 11) is 0. The molecule has 0 aliphatic rings. The second-order valence-corrected chi connectivity index (χ2v) is 6.43. The quantitative estimate of drug-likeness (QED) is 0.686. The third-order valence-electron chi connectivity index (χ3n) is 4.20. The number of hydrogen-bond donors (Lipinski definition) is 2. The molecule has 150 valence electrons. The third kappa shape index (κ3) is 5.28. The number of halogens is 3. The van der Waals surface area contributed by atoms with Crippen molar-refractivity contribution in [2.24, 2.45) is 0 Å². The number of carbonyl (C=O) groups is 1. The first-order valence-corrected chi connectivity index (χ1v) is 8.69. The van der Waals surface area contributed by atoms with E-state index in [-0.39, 0.29) is 5.69 Å². The van der Waals surface area contributed by atoms with Gasteiger partial charge in [0.05, 0.1) is 11.6 Å². The molecule has 3 aromatic rings. The average Bonchev–Trinajstić information content (AvgIpc) is 2.67. The SMILES string of the molecule is C[C@@H](NC(=O)c1cc(=O)[nH]c(Cc2cccnc2)n1)c1ccc(C(F)(F)F)cc1. The van der Waals surface area contributed by atoms with Gasteiger partial charge < -0.3 is 10.3 Å². The number of alkyl halides is 3. The predicted octanol–water partition coefficient (Wildman–Crippen LogP) is 3.27. The summed E-state index contributed by atoms with van der Waals surface area (Å²) in [6, 6.07) is 8.56. The van der Waals surface area contributed by atoms with Gasteiger partial charge in [0, 0.05) is 24.9 Å². The third-order valence-corrected chi connectivity index (χ3v) is 4.20. The molecule has 1 atom stereocenters. The molecule has 0 unspecified atom stereocenters. The summed E-state index contributed by atoms with van der Waals surface area (Å²) < 4.78 is 38.0. The smallest absolute Gasteiger partial charge is 0.344 e. The number of nitrogens with zero attached hydrogens (tertiary/aromatic N) is 2. The second-order valence-electron chi connectivity index (χ2n) is 6.43. The number of benzene rings is 1. The van der Waals surface area contributed by atoms with Crippen LogP contribution in [0.15, 0.2) is 59.7 Å². The van der Waals surface area contributed by atoms with E-state index in [1.165, 1.54) is 12.1 Å². The Hall–Kier alpha value is -3.49. The molecule has 9 heteroatoms. The number of aromatic amines is 1. The molecule has 0 saturated heterocycles. The van der Waals surface area contributed by atoms with Crippen molar-refractivity contribution in [3.63, 3.8) is 0 Å². The fraction of sp³-hybridized carbons (Fsp3) is 0.200. The monoisotopic (exact) mass is 402 g/mol. The Morgan fingerprint density at radius 3 is 2.55 bits per heavy atom. The number of rotatable bonds is 5. The molecule has 0 aliphatic carbocycles. The number of H-pyrrole nitrogens is 1. The van der Waals surface area contributed by atoms with E-state index >= 15 is 0 Å². The second kappa shape index (κ2) is 8.26. The highest BCUT2D eigenvalue weighted by Crippen LogP contribution is 2.29. The van der Waals surface area contributed by atoms with Crippen molar-refractivity contribution < 1.29 is 18.0 Å². The van der Waals surface area contributed by atoms with Gasteiger partial charge in [0.1, 0.15) is 11.5 Å². The molecular weight excluding hydrogens is 385 g/mol. The largest absolute Gasteiger partial charge is 0.416 e. The van der Waals surface area contributed by atoms with Crippen LogP contribution in [-0.2, 0) is 12.6 Å². The topological polar surface area (TPSA) is 87.7 Å². The lowest BCUT2D eigenvalue weighted by Crippen LogP contribution is -2.29. The Balaban J connectivity index is 1.74. The Bertz CT molecular complexity index is 1050. The van der Waals surface area contributed by atoms with Crippen molar-refractivity contribution >= 4 is 5.91 Å². The van der Waals surface area contributed by atoms with Crippen LogP contribution >= 0.6 is 0 Å². The normalized spacial score (nSPS) is 12.4. The summed E-state index contributed by atoms with van der Waals surface area (Å²) in [6.45, 7) is 1.63. The van der Waals surface area contributed by atoms with E-state index in [1.54, 1.807) is 25.4 Å². The predicted molar refractivity (Wildman–Crippen MR) is 99.2 cm³/mol. The van der Waals surface area contributed by atoms with Crippen LogP contribution in [0.3, 0.4) is 0 Å². The molecule has 1 amide bonds. The molecule has 2 N–H and O–H groups in total. The fourth-order valence-corrected chi connectivity index (χ4v) is 2.72. The summed E-state index contributed by atoms with van der Waals surface area (Å²) in [5, 5.41) is 2.64. The van der Waals surface area contributed by atoms with Gasteiger partial charge in [-0.1, -0.05) is 18.2 Å². The van der Waals surface area contributed by atoms with E-state index in [1.807, 2.05) is 6.07 Å². The van der Waals surface area contributed by atoms with Crippen LogP contribution in [0.4, 0.5) is 13.2 Å². The average molecular weight is 402 g/mol. The standard InChI is InChI=1S/C20H17F3N4O2/c1-12(14-4-6-15(7-5-14)20(21,22)23)25-19(29)16-10-18(28)27-17(26-16)9-13-3-2-8-24-11-13/h2-8,10-12H,9H2,1H3,(H,25,29)(H,26,27,28)/t12-/m1/s1. The number of amides is 1. The lowest BCUT2D eigenvalue weighted by atomic mass is 10.1. The summed E-state index contributed by atoms with van der Waals surface area (Å²) >= 11 is 0. The van der Waals surface area contributed by atoms with E-state index in [0.717, 1.165) is 23.8 Å². The molecule has 0 spiro atoms. The van der Waals surface area contributed by atoms with Gasteiger partial charge in [0.15, 0.2) is 0 Å². The molecule has 6 nitrogen and oxygen atoms in total.